The Morgan fingerprint density at radius 1 is 0.864 bits per heavy atom. The number of hydrogen-bond acceptors (Lipinski definition) is 4. The first-order valence-corrected chi connectivity index (χ1v) is 7.32. The molecular formula is C17H17NO4. The second kappa shape index (κ2) is 5.07. The molecule has 3 N–H and O–H groups in total. The molecule has 5 nitrogen and oxygen atoms in total. The molecule has 1 aromatic heterocycles. The fraction of sp³-hybridized carbons (Fsp3) is 0.294. The van der Waals surface area contributed by atoms with Gasteiger partial charge in [-0.3, -0.25) is 0 Å². The average Bonchev–Trinajstić information content (AvgIpc) is 3.03. The number of benzene rings is 2. The maximum absolute atomic E-state index is 10.3. The highest BCUT2D eigenvalue weighted by molar-refractivity contribution is 6.08. The highest BCUT2D eigenvalue weighted by atomic mass is 16.6. The van der Waals surface area contributed by atoms with Crippen LogP contribution in [-0.4, -0.2) is 44.8 Å². The number of para-hydroxylation sites is 2. The third-order valence-electron chi connectivity index (χ3n) is 4.39. The topological polar surface area (TPSA) is 74.9 Å². The molecule has 0 aliphatic carbocycles. The SMILES string of the molecule is OC[C@H]1O[C@@H](n2c3ccccc3c3ccccc32)[C@H](O)[C@@H]1O. The fourth-order valence-electron chi connectivity index (χ4n) is 3.32. The van der Waals surface area contributed by atoms with Gasteiger partial charge >= 0.3 is 0 Å². The summed E-state index contributed by atoms with van der Waals surface area (Å²) in [7, 11) is 0. The van der Waals surface area contributed by atoms with Crippen LogP contribution in [0, 0.1) is 0 Å². The van der Waals surface area contributed by atoms with E-state index in [4.69, 9.17) is 4.74 Å². The molecule has 2 aromatic carbocycles. The largest absolute Gasteiger partial charge is 0.394 e. The monoisotopic (exact) mass is 299 g/mol. The van der Waals surface area contributed by atoms with E-state index in [-0.39, 0.29) is 6.61 Å². The van der Waals surface area contributed by atoms with E-state index < -0.39 is 24.5 Å². The second-order valence-electron chi connectivity index (χ2n) is 5.63. The third kappa shape index (κ3) is 1.80. The Hall–Kier alpha value is -1.92. The predicted octanol–water partition coefficient (Wildman–Crippen LogP) is 1.41. The number of nitrogens with zero attached hydrogens (tertiary/aromatic N) is 1. The van der Waals surface area contributed by atoms with E-state index in [0.29, 0.717) is 0 Å². The van der Waals surface area contributed by atoms with Crippen molar-refractivity contribution < 1.29 is 20.1 Å². The van der Waals surface area contributed by atoms with Crippen LogP contribution in [0.5, 0.6) is 0 Å². The Labute approximate surface area is 127 Å². The quantitative estimate of drug-likeness (QED) is 0.669. The average molecular weight is 299 g/mol. The van der Waals surface area contributed by atoms with Crippen molar-refractivity contribution in [3.8, 4) is 0 Å². The normalized spacial score (nSPS) is 28.7. The zero-order valence-electron chi connectivity index (χ0n) is 11.8. The molecule has 1 aliphatic rings. The number of hydrogen-bond donors (Lipinski definition) is 3. The summed E-state index contributed by atoms with van der Waals surface area (Å²) in [5.41, 5.74) is 1.86. The molecule has 22 heavy (non-hydrogen) atoms. The summed E-state index contributed by atoms with van der Waals surface area (Å²) in [5.74, 6) is 0. The van der Waals surface area contributed by atoms with Gasteiger partial charge in [-0.1, -0.05) is 36.4 Å². The number of rotatable bonds is 2. The summed E-state index contributed by atoms with van der Waals surface area (Å²) < 4.78 is 7.61. The van der Waals surface area contributed by atoms with Gasteiger partial charge in [-0.25, -0.2) is 0 Å². The third-order valence-corrected chi connectivity index (χ3v) is 4.39. The van der Waals surface area contributed by atoms with E-state index in [9.17, 15) is 15.3 Å². The molecule has 4 atom stereocenters. The highest BCUT2D eigenvalue weighted by Gasteiger charge is 2.44. The van der Waals surface area contributed by atoms with Crippen molar-refractivity contribution in [1.82, 2.24) is 4.57 Å². The minimum absolute atomic E-state index is 0.328. The Bertz CT molecular complexity index is 775. The molecule has 114 valence electrons. The number of aliphatic hydroxyl groups is 3. The molecule has 0 unspecified atom stereocenters. The molecule has 0 saturated carbocycles. The van der Waals surface area contributed by atoms with E-state index in [1.165, 1.54) is 0 Å². The predicted molar refractivity (Wildman–Crippen MR) is 82.5 cm³/mol. The Morgan fingerprint density at radius 2 is 1.41 bits per heavy atom. The van der Waals surface area contributed by atoms with Gasteiger partial charge in [-0.05, 0) is 12.1 Å². The van der Waals surface area contributed by atoms with Crippen LogP contribution in [0.15, 0.2) is 48.5 Å². The van der Waals surface area contributed by atoms with Gasteiger partial charge in [0.2, 0.25) is 0 Å². The fourth-order valence-corrected chi connectivity index (χ4v) is 3.32. The first kappa shape index (κ1) is 13.7. The Kier molecular flexibility index (Phi) is 3.16. The Balaban J connectivity index is 1.97. The molecule has 0 spiro atoms. The zero-order chi connectivity index (χ0) is 15.3. The summed E-state index contributed by atoms with van der Waals surface area (Å²) >= 11 is 0. The first-order chi connectivity index (χ1) is 10.7. The van der Waals surface area contributed by atoms with Gasteiger partial charge in [-0.15, -0.1) is 0 Å². The van der Waals surface area contributed by atoms with Gasteiger partial charge < -0.3 is 24.6 Å². The van der Waals surface area contributed by atoms with Crippen LogP contribution >= 0.6 is 0 Å². The van der Waals surface area contributed by atoms with Crippen LogP contribution in [0.3, 0.4) is 0 Å². The van der Waals surface area contributed by atoms with Gasteiger partial charge in [0, 0.05) is 10.8 Å². The maximum atomic E-state index is 10.3. The summed E-state index contributed by atoms with van der Waals surface area (Å²) in [4.78, 5) is 0. The minimum Gasteiger partial charge on any atom is -0.394 e. The molecule has 0 bridgehead atoms. The molecule has 1 saturated heterocycles. The first-order valence-electron chi connectivity index (χ1n) is 7.32. The zero-order valence-corrected chi connectivity index (χ0v) is 11.8. The molecular weight excluding hydrogens is 282 g/mol. The van der Waals surface area contributed by atoms with Crippen LogP contribution in [0.1, 0.15) is 6.23 Å². The smallest absolute Gasteiger partial charge is 0.163 e. The van der Waals surface area contributed by atoms with Crippen LogP contribution in [-0.2, 0) is 4.74 Å². The Morgan fingerprint density at radius 3 is 1.91 bits per heavy atom. The highest BCUT2D eigenvalue weighted by Crippen LogP contribution is 2.37. The standard InChI is InChI=1S/C17H17NO4/c19-9-14-15(20)16(21)17(22-14)18-12-7-3-1-5-10(12)11-6-2-4-8-13(11)18/h1-8,14-17,19-21H,9H2/t14-,15-,16-,17-/m1/s1. The van der Waals surface area contributed by atoms with E-state index in [1.807, 2.05) is 53.1 Å². The summed E-state index contributed by atoms with van der Waals surface area (Å²) in [6.07, 6.45) is -3.69. The summed E-state index contributed by atoms with van der Waals surface area (Å²) in [5, 5.41) is 31.8. The minimum atomic E-state index is -1.10. The van der Waals surface area contributed by atoms with Crippen molar-refractivity contribution in [2.45, 2.75) is 24.5 Å². The molecule has 3 aromatic rings. The number of ether oxygens (including phenoxy) is 1. The van der Waals surface area contributed by atoms with Crippen LogP contribution < -0.4 is 0 Å². The van der Waals surface area contributed by atoms with Crippen molar-refractivity contribution in [2.75, 3.05) is 6.61 Å². The van der Waals surface area contributed by atoms with E-state index in [1.54, 1.807) is 0 Å². The molecule has 2 heterocycles. The molecule has 1 fully saturated rings. The van der Waals surface area contributed by atoms with Gasteiger partial charge in [0.05, 0.1) is 17.6 Å². The van der Waals surface area contributed by atoms with Crippen molar-refractivity contribution in [3.05, 3.63) is 48.5 Å². The number of aromatic nitrogens is 1. The maximum Gasteiger partial charge on any atom is 0.163 e. The van der Waals surface area contributed by atoms with Crippen LogP contribution in [0.4, 0.5) is 0 Å². The lowest BCUT2D eigenvalue weighted by atomic mass is 10.1. The van der Waals surface area contributed by atoms with Gasteiger partial charge in [-0.2, -0.15) is 0 Å². The molecule has 4 rings (SSSR count). The van der Waals surface area contributed by atoms with Crippen molar-refractivity contribution >= 4 is 21.8 Å². The second-order valence-corrected chi connectivity index (χ2v) is 5.63. The van der Waals surface area contributed by atoms with Crippen LogP contribution in [0.25, 0.3) is 21.8 Å². The van der Waals surface area contributed by atoms with Gasteiger partial charge in [0.1, 0.15) is 18.3 Å². The van der Waals surface area contributed by atoms with Crippen molar-refractivity contribution in [1.29, 1.82) is 0 Å². The van der Waals surface area contributed by atoms with Gasteiger partial charge in [0.25, 0.3) is 0 Å². The lowest BCUT2D eigenvalue weighted by molar-refractivity contribution is -0.0487. The molecule has 0 amide bonds. The molecule has 0 radical (unpaired) electrons. The summed E-state index contributed by atoms with van der Waals surface area (Å²) in [6, 6.07) is 15.8. The molecule has 5 heteroatoms. The van der Waals surface area contributed by atoms with Crippen molar-refractivity contribution in [3.63, 3.8) is 0 Å². The van der Waals surface area contributed by atoms with Gasteiger partial charge in [0.15, 0.2) is 6.23 Å². The van der Waals surface area contributed by atoms with Crippen molar-refractivity contribution in [2.24, 2.45) is 0 Å². The van der Waals surface area contributed by atoms with Crippen LogP contribution in [0.2, 0.25) is 0 Å². The van der Waals surface area contributed by atoms with E-state index in [2.05, 4.69) is 0 Å². The van der Waals surface area contributed by atoms with E-state index >= 15 is 0 Å². The molecule has 1 aliphatic heterocycles. The summed E-state index contributed by atoms with van der Waals surface area (Å²) in [6.45, 7) is -0.328. The number of aliphatic hydroxyl groups excluding tert-OH is 3. The lowest BCUT2D eigenvalue weighted by Gasteiger charge is -2.19. The lowest BCUT2D eigenvalue weighted by Crippen LogP contribution is -2.33. The number of fused-ring (bicyclic) bond motifs is 3. The van der Waals surface area contributed by atoms with E-state index in [0.717, 1.165) is 21.8 Å².